The molecule has 19 heavy (non-hydrogen) atoms. The van der Waals surface area contributed by atoms with E-state index in [0.717, 1.165) is 11.1 Å². The van der Waals surface area contributed by atoms with Gasteiger partial charge in [0.15, 0.2) is 0 Å². The van der Waals surface area contributed by atoms with Gasteiger partial charge in [-0.2, -0.15) is 0 Å². The maximum Gasteiger partial charge on any atom is 0.119 e. The second-order valence-corrected chi connectivity index (χ2v) is 4.61. The molecule has 0 saturated carbocycles. The van der Waals surface area contributed by atoms with E-state index in [1.807, 2.05) is 0 Å². The van der Waals surface area contributed by atoms with Crippen LogP contribution in [0.4, 0.5) is 0 Å². The summed E-state index contributed by atoms with van der Waals surface area (Å²) in [6, 6.07) is 5.28. The lowest BCUT2D eigenvalue weighted by Gasteiger charge is -2.13. The zero-order chi connectivity index (χ0) is 14.3. The van der Waals surface area contributed by atoms with E-state index in [0.29, 0.717) is 12.4 Å². The van der Waals surface area contributed by atoms with Crippen LogP contribution in [0.15, 0.2) is 18.2 Å². The summed E-state index contributed by atoms with van der Waals surface area (Å²) in [6.07, 6.45) is -1.06. The molecule has 1 rings (SSSR count). The predicted octanol–water partition coefficient (Wildman–Crippen LogP) is 0.836. The van der Waals surface area contributed by atoms with Gasteiger partial charge in [-0.1, -0.05) is 6.07 Å². The lowest BCUT2D eigenvalue weighted by atomic mass is 10.1. The monoisotopic (exact) mass is 270 g/mol. The van der Waals surface area contributed by atoms with Crippen LogP contribution in [0.5, 0.6) is 5.75 Å². The van der Waals surface area contributed by atoms with E-state index in [1.54, 1.807) is 32.0 Å². The largest absolute Gasteiger partial charge is 0.491 e. The van der Waals surface area contributed by atoms with Crippen LogP contribution in [0.3, 0.4) is 0 Å². The third kappa shape index (κ3) is 6.02. The van der Waals surface area contributed by atoms with Crippen molar-refractivity contribution >= 4 is 0 Å². The summed E-state index contributed by atoms with van der Waals surface area (Å²) in [4.78, 5) is 0. The first kappa shape index (κ1) is 15.9. The van der Waals surface area contributed by atoms with E-state index in [2.05, 4.69) is 0 Å². The summed E-state index contributed by atoms with van der Waals surface area (Å²) < 4.78 is 10.7. The quantitative estimate of drug-likeness (QED) is 0.652. The van der Waals surface area contributed by atoms with Crippen LogP contribution in [-0.4, -0.2) is 40.7 Å². The lowest BCUT2D eigenvalue weighted by Crippen LogP contribution is -2.13. The molecule has 108 valence electrons. The molecule has 3 N–H and O–H groups in total. The molecular formula is C14H22O5. The first-order valence-corrected chi connectivity index (χ1v) is 6.32. The van der Waals surface area contributed by atoms with E-state index >= 15 is 0 Å². The molecule has 5 nitrogen and oxygen atoms in total. The molecule has 0 amide bonds. The van der Waals surface area contributed by atoms with Gasteiger partial charge in [-0.05, 0) is 37.1 Å². The average Bonchev–Trinajstić information content (AvgIpc) is 2.36. The number of hydrogen-bond donors (Lipinski definition) is 3. The van der Waals surface area contributed by atoms with E-state index in [9.17, 15) is 5.11 Å². The first-order chi connectivity index (χ1) is 9.02. The molecule has 0 aliphatic carbocycles. The summed E-state index contributed by atoms with van der Waals surface area (Å²) in [7, 11) is 0. The molecule has 2 atom stereocenters. The van der Waals surface area contributed by atoms with Crippen molar-refractivity contribution in [3.63, 3.8) is 0 Å². The summed E-state index contributed by atoms with van der Waals surface area (Å²) in [6.45, 7) is 3.97. The van der Waals surface area contributed by atoms with Gasteiger partial charge in [0.1, 0.15) is 12.4 Å². The smallest absolute Gasteiger partial charge is 0.119 e. The molecule has 5 heteroatoms. The van der Waals surface area contributed by atoms with Crippen LogP contribution in [0.2, 0.25) is 0 Å². The molecule has 0 radical (unpaired) electrons. The SMILES string of the molecule is CC(O)COCc1cc(OCC(C)O)ccc1CO. The molecule has 1 aromatic carbocycles. The zero-order valence-electron chi connectivity index (χ0n) is 11.4. The fraction of sp³-hybridized carbons (Fsp3) is 0.571. The van der Waals surface area contributed by atoms with E-state index < -0.39 is 12.2 Å². The fourth-order valence-electron chi connectivity index (χ4n) is 1.54. The van der Waals surface area contributed by atoms with Crippen molar-refractivity contribution in [3.05, 3.63) is 29.3 Å². The van der Waals surface area contributed by atoms with Crippen LogP contribution >= 0.6 is 0 Å². The third-order valence-corrected chi connectivity index (χ3v) is 2.46. The maximum absolute atomic E-state index is 9.25. The molecule has 1 aromatic rings. The Bertz CT molecular complexity index is 376. The maximum atomic E-state index is 9.25. The van der Waals surface area contributed by atoms with E-state index in [1.165, 1.54) is 0 Å². The number of aliphatic hydroxyl groups is 3. The van der Waals surface area contributed by atoms with Crippen molar-refractivity contribution < 1.29 is 24.8 Å². The van der Waals surface area contributed by atoms with Crippen molar-refractivity contribution in [2.24, 2.45) is 0 Å². The van der Waals surface area contributed by atoms with Gasteiger partial charge in [0.05, 0.1) is 32.0 Å². The van der Waals surface area contributed by atoms with Gasteiger partial charge in [-0.25, -0.2) is 0 Å². The second-order valence-electron chi connectivity index (χ2n) is 4.61. The highest BCUT2D eigenvalue weighted by molar-refractivity contribution is 5.35. The molecule has 0 bridgehead atoms. The van der Waals surface area contributed by atoms with Crippen LogP contribution in [0, 0.1) is 0 Å². The summed E-state index contributed by atoms with van der Waals surface area (Å²) >= 11 is 0. The number of ether oxygens (including phenoxy) is 2. The van der Waals surface area contributed by atoms with Gasteiger partial charge in [-0.3, -0.25) is 0 Å². The molecule has 0 spiro atoms. The van der Waals surface area contributed by atoms with Crippen molar-refractivity contribution in [3.8, 4) is 5.75 Å². The molecule has 0 saturated heterocycles. The normalized spacial score (nSPS) is 14.2. The Balaban J connectivity index is 2.66. The molecule has 0 aliphatic rings. The number of rotatable bonds is 8. The van der Waals surface area contributed by atoms with E-state index in [4.69, 9.17) is 19.7 Å². The number of hydrogen-bond acceptors (Lipinski definition) is 5. The standard InChI is InChI=1S/C14H22O5/c1-10(16)7-18-9-13-5-14(19-8-11(2)17)4-3-12(13)6-15/h3-5,10-11,15-17H,6-9H2,1-2H3. The minimum atomic E-state index is -0.535. The van der Waals surface area contributed by atoms with Gasteiger partial charge in [0.2, 0.25) is 0 Å². The Morgan fingerprint density at radius 1 is 1.05 bits per heavy atom. The van der Waals surface area contributed by atoms with Crippen molar-refractivity contribution in [1.82, 2.24) is 0 Å². The van der Waals surface area contributed by atoms with Gasteiger partial charge in [-0.15, -0.1) is 0 Å². The van der Waals surface area contributed by atoms with Crippen LogP contribution < -0.4 is 4.74 Å². The Labute approximate surface area is 113 Å². The van der Waals surface area contributed by atoms with Crippen molar-refractivity contribution in [2.75, 3.05) is 13.2 Å². The first-order valence-electron chi connectivity index (χ1n) is 6.32. The summed E-state index contributed by atoms with van der Waals surface area (Å²) in [5.41, 5.74) is 1.57. The van der Waals surface area contributed by atoms with Crippen LogP contribution in [0.25, 0.3) is 0 Å². The number of benzene rings is 1. The average molecular weight is 270 g/mol. The lowest BCUT2D eigenvalue weighted by molar-refractivity contribution is 0.0368. The highest BCUT2D eigenvalue weighted by Crippen LogP contribution is 2.19. The molecule has 0 fully saturated rings. The van der Waals surface area contributed by atoms with Gasteiger partial charge in [0.25, 0.3) is 0 Å². The minimum absolute atomic E-state index is 0.0793. The van der Waals surface area contributed by atoms with Gasteiger partial charge in [0, 0.05) is 0 Å². The fourth-order valence-corrected chi connectivity index (χ4v) is 1.54. The van der Waals surface area contributed by atoms with Crippen LogP contribution in [0.1, 0.15) is 25.0 Å². The van der Waals surface area contributed by atoms with Gasteiger partial charge < -0.3 is 24.8 Å². The molecule has 0 aliphatic heterocycles. The molecular weight excluding hydrogens is 248 g/mol. The second kappa shape index (κ2) is 8.12. The van der Waals surface area contributed by atoms with Crippen molar-refractivity contribution in [2.45, 2.75) is 39.3 Å². The minimum Gasteiger partial charge on any atom is -0.491 e. The molecule has 0 heterocycles. The Morgan fingerprint density at radius 3 is 2.32 bits per heavy atom. The Kier molecular flexibility index (Phi) is 6.80. The molecule has 0 aromatic heterocycles. The summed E-state index contributed by atoms with van der Waals surface area (Å²) in [5.74, 6) is 0.619. The Hall–Kier alpha value is -1.14. The predicted molar refractivity (Wildman–Crippen MR) is 70.9 cm³/mol. The topological polar surface area (TPSA) is 79.2 Å². The van der Waals surface area contributed by atoms with Crippen LogP contribution in [-0.2, 0) is 18.0 Å². The van der Waals surface area contributed by atoms with Gasteiger partial charge >= 0.3 is 0 Å². The highest BCUT2D eigenvalue weighted by Gasteiger charge is 2.06. The third-order valence-electron chi connectivity index (χ3n) is 2.46. The van der Waals surface area contributed by atoms with E-state index in [-0.39, 0.29) is 19.8 Å². The number of aliphatic hydroxyl groups excluding tert-OH is 3. The summed E-state index contributed by atoms with van der Waals surface area (Å²) in [5, 5.41) is 27.5. The Morgan fingerprint density at radius 2 is 1.74 bits per heavy atom. The van der Waals surface area contributed by atoms with Crippen molar-refractivity contribution in [1.29, 1.82) is 0 Å². The zero-order valence-corrected chi connectivity index (χ0v) is 11.4. The molecule has 2 unspecified atom stereocenters. The highest BCUT2D eigenvalue weighted by atomic mass is 16.5.